The van der Waals surface area contributed by atoms with Gasteiger partial charge in [0.1, 0.15) is 5.75 Å². The van der Waals surface area contributed by atoms with E-state index in [0.29, 0.717) is 5.92 Å². The van der Waals surface area contributed by atoms with E-state index in [2.05, 4.69) is 55.6 Å². The van der Waals surface area contributed by atoms with Crippen LogP contribution < -0.4 is 10.1 Å². The smallest absolute Gasteiger partial charge is 0.124 e. The predicted molar refractivity (Wildman–Crippen MR) is 88.7 cm³/mol. The number of ether oxygens (including phenoxy) is 1. The molecule has 2 heteroatoms. The van der Waals surface area contributed by atoms with Crippen molar-refractivity contribution in [2.24, 2.45) is 11.8 Å². The van der Waals surface area contributed by atoms with Crippen LogP contribution in [0.25, 0.3) is 10.8 Å². The summed E-state index contributed by atoms with van der Waals surface area (Å²) in [7, 11) is 0. The summed E-state index contributed by atoms with van der Waals surface area (Å²) in [5.41, 5.74) is 1.30. The summed E-state index contributed by atoms with van der Waals surface area (Å²) in [4.78, 5) is 0. The van der Waals surface area contributed by atoms with E-state index in [-0.39, 0.29) is 0 Å². The summed E-state index contributed by atoms with van der Waals surface area (Å²) in [6.45, 7) is 7.25. The van der Waals surface area contributed by atoms with Crippen molar-refractivity contribution in [3.05, 3.63) is 42.0 Å². The molecule has 2 nitrogen and oxygen atoms in total. The van der Waals surface area contributed by atoms with Crippen molar-refractivity contribution < 1.29 is 4.74 Å². The molecule has 0 atom stereocenters. The van der Waals surface area contributed by atoms with Crippen LogP contribution in [0.3, 0.4) is 0 Å². The molecule has 0 aliphatic heterocycles. The number of benzene rings is 2. The second-order valence-corrected chi connectivity index (χ2v) is 6.54. The zero-order valence-corrected chi connectivity index (χ0v) is 13.1. The van der Waals surface area contributed by atoms with Gasteiger partial charge in [0.25, 0.3) is 0 Å². The van der Waals surface area contributed by atoms with Crippen molar-refractivity contribution in [1.29, 1.82) is 0 Å². The Morgan fingerprint density at radius 2 is 1.95 bits per heavy atom. The molecule has 0 saturated heterocycles. The standard InChI is InChI=1S/C19H25NO/c1-14(2)11-20-12-18-17-6-4-3-5-16(17)9-10-19(18)21-13-15-7-8-15/h3-6,9-10,14-15,20H,7-8,11-13H2,1-2H3. The second kappa shape index (κ2) is 6.48. The Hall–Kier alpha value is -1.54. The minimum atomic E-state index is 0.663. The highest BCUT2D eigenvalue weighted by atomic mass is 16.5. The van der Waals surface area contributed by atoms with Gasteiger partial charge in [0.15, 0.2) is 0 Å². The summed E-state index contributed by atoms with van der Waals surface area (Å²) >= 11 is 0. The number of fused-ring (bicyclic) bond motifs is 1. The van der Waals surface area contributed by atoms with E-state index in [1.807, 2.05) is 0 Å². The zero-order valence-electron chi connectivity index (χ0n) is 13.1. The van der Waals surface area contributed by atoms with Crippen molar-refractivity contribution >= 4 is 10.8 Å². The average Bonchev–Trinajstić information content (AvgIpc) is 3.30. The van der Waals surface area contributed by atoms with Gasteiger partial charge in [-0.05, 0) is 48.1 Å². The van der Waals surface area contributed by atoms with Crippen molar-refractivity contribution in [2.45, 2.75) is 33.2 Å². The van der Waals surface area contributed by atoms with E-state index in [1.54, 1.807) is 0 Å². The molecule has 1 aliphatic rings. The molecule has 1 saturated carbocycles. The minimum absolute atomic E-state index is 0.663. The fourth-order valence-electron chi connectivity index (χ4n) is 2.61. The Kier molecular flexibility index (Phi) is 4.45. The predicted octanol–water partition coefficient (Wildman–Crippen LogP) is 4.37. The van der Waals surface area contributed by atoms with Gasteiger partial charge in [0.2, 0.25) is 0 Å². The maximum absolute atomic E-state index is 6.09. The van der Waals surface area contributed by atoms with E-state index in [4.69, 9.17) is 4.74 Å². The van der Waals surface area contributed by atoms with Crippen LogP contribution in [0.2, 0.25) is 0 Å². The first-order chi connectivity index (χ1) is 10.2. The van der Waals surface area contributed by atoms with Crippen LogP contribution in [-0.4, -0.2) is 13.2 Å². The highest BCUT2D eigenvalue weighted by Crippen LogP contribution is 2.32. The molecule has 0 spiro atoms. The largest absolute Gasteiger partial charge is 0.493 e. The van der Waals surface area contributed by atoms with E-state index in [9.17, 15) is 0 Å². The van der Waals surface area contributed by atoms with E-state index in [0.717, 1.165) is 31.4 Å². The summed E-state index contributed by atoms with van der Waals surface area (Å²) in [5, 5.41) is 6.15. The maximum Gasteiger partial charge on any atom is 0.124 e. The SMILES string of the molecule is CC(C)CNCc1c(OCC2CC2)ccc2ccccc12. The van der Waals surface area contributed by atoms with Gasteiger partial charge in [0.05, 0.1) is 6.61 Å². The molecule has 0 radical (unpaired) electrons. The summed E-state index contributed by atoms with van der Waals surface area (Å²) in [6, 6.07) is 12.9. The first-order valence-corrected chi connectivity index (χ1v) is 8.08. The fraction of sp³-hybridized carbons (Fsp3) is 0.474. The van der Waals surface area contributed by atoms with Crippen molar-refractivity contribution in [2.75, 3.05) is 13.2 Å². The van der Waals surface area contributed by atoms with E-state index >= 15 is 0 Å². The molecule has 21 heavy (non-hydrogen) atoms. The van der Waals surface area contributed by atoms with Gasteiger partial charge in [-0.3, -0.25) is 0 Å². The lowest BCUT2D eigenvalue weighted by molar-refractivity contribution is 0.296. The number of nitrogens with one attached hydrogen (secondary N) is 1. The van der Waals surface area contributed by atoms with Crippen molar-refractivity contribution in [1.82, 2.24) is 5.32 Å². The van der Waals surface area contributed by atoms with Crippen LogP contribution in [0.4, 0.5) is 0 Å². The highest BCUT2D eigenvalue weighted by Gasteiger charge is 2.22. The second-order valence-electron chi connectivity index (χ2n) is 6.54. The molecule has 0 amide bonds. The highest BCUT2D eigenvalue weighted by molar-refractivity contribution is 5.87. The molecule has 1 fully saturated rings. The quantitative estimate of drug-likeness (QED) is 0.814. The van der Waals surface area contributed by atoms with Crippen LogP contribution >= 0.6 is 0 Å². The van der Waals surface area contributed by atoms with E-state index in [1.165, 1.54) is 29.2 Å². The van der Waals surface area contributed by atoms with Gasteiger partial charge in [0, 0.05) is 12.1 Å². The Morgan fingerprint density at radius 1 is 1.14 bits per heavy atom. The molecule has 3 rings (SSSR count). The van der Waals surface area contributed by atoms with Gasteiger partial charge < -0.3 is 10.1 Å². The summed E-state index contributed by atoms with van der Waals surface area (Å²) in [6.07, 6.45) is 2.66. The molecule has 0 heterocycles. The van der Waals surface area contributed by atoms with Crippen molar-refractivity contribution in [3.63, 3.8) is 0 Å². The molecule has 0 aromatic heterocycles. The van der Waals surface area contributed by atoms with Gasteiger partial charge in [-0.25, -0.2) is 0 Å². The molecule has 112 valence electrons. The Morgan fingerprint density at radius 3 is 2.71 bits per heavy atom. The van der Waals surface area contributed by atoms with Crippen molar-refractivity contribution in [3.8, 4) is 5.75 Å². The van der Waals surface area contributed by atoms with Gasteiger partial charge in [-0.1, -0.05) is 44.2 Å². The lowest BCUT2D eigenvalue weighted by Crippen LogP contribution is -2.19. The van der Waals surface area contributed by atoms with Gasteiger partial charge in [-0.2, -0.15) is 0 Å². The van der Waals surface area contributed by atoms with Crippen LogP contribution in [0, 0.1) is 11.8 Å². The molecule has 1 N–H and O–H groups in total. The minimum Gasteiger partial charge on any atom is -0.493 e. The Labute approximate surface area is 127 Å². The third-order valence-electron chi connectivity index (χ3n) is 4.02. The normalized spacial score (nSPS) is 14.8. The lowest BCUT2D eigenvalue weighted by Gasteiger charge is -2.15. The third-order valence-corrected chi connectivity index (χ3v) is 4.02. The zero-order chi connectivity index (χ0) is 14.7. The first-order valence-electron chi connectivity index (χ1n) is 8.08. The van der Waals surface area contributed by atoms with Crippen LogP contribution in [0.1, 0.15) is 32.3 Å². The fourth-order valence-corrected chi connectivity index (χ4v) is 2.61. The Balaban J connectivity index is 1.84. The molecule has 2 aromatic carbocycles. The molecule has 0 unspecified atom stereocenters. The maximum atomic E-state index is 6.09. The Bertz CT molecular complexity index is 602. The number of hydrogen-bond donors (Lipinski definition) is 1. The molecular weight excluding hydrogens is 258 g/mol. The van der Waals surface area contributed by atoms with Gasteiger partial charge >= 0.3 is 0 Å². The van der Waals surface area contributed by atoms with Gasteiger partial charge in [-0.15, -0.1) is 0 Å². The molecular formula is C19H25NO. The number of rotatable bonds is 7. The average molecular weight is 283 g/mol. The first kappa shape index (κ1) is 14.4. The summed E-state index contributed by atoms with van der Waals surface area (Å²) in [5.74, 6) is 2.50. The molecule has 0 bridgehead atoms. The lowest BCUT2D eigenvalue weighted by atomic mass is 10.0. The van der Waals surface area contributed by atoms with Crippen LogP contribution in [0.15, 0.2) is 36.4 Å². The molecule has 1 aliphatic carbocycles. The monoisotopic (exact) mass is 283 g/mol. The number of hydrogen-bond acceptors (Lipinski definition) is 2. The van der Waals surface area contributed by atoms with Crippen LogP contribution in [0.5, 0.6) is 5.75 Å². The topological polar surface area (TPSA) is 21.3 Å². The van der Waals surface area contributed by atoms with Crippen LogP contribution in [-0.2, 0) is 6.54 Å². The third kappa shape index (κ3) is 3.76. The summed E-state index contributed by atoms with van der Waals surface area (Å²) < 4.78 is 6.09. The van der Waals surface area contributed by atoms with E-state index < -0.39 is 0 Å². The molecule has 2 aromatic rings.